The molecule has 0 bridgehead atoms. The zero-order valence-electron chi connectivity index (χ0n) is 11.3. The normalized spacial score (nSPS) is 10.1. The Morgan fingerprint density at radius 1 is 1.40 bits per heavy atom. The Kier molecular flexibility index (Phi) is 4.14. The van der Waals surface area contributed by atoms with Crippen molar-refractivity contribution in [3.8, 4) is 5.75 Å². The number of ether oxygens (including phenoxy) is 1. The predicted molar refractivity (Wildman–Crippen MR) is 74.9 cm³/mol. The van der Waals surface area contributed by atoms with Crippen molar-refractivity contribution in [2.45, 2.75) is 13.8 Å². The van der Waals surface area contributed by atoms with Crippen LogP contribution in [0.2, 0.25) is 0 Å². The smallest absolute Gasteiger partial charge is 0.263 e. The molecular weight excluding hydrogens is 258 g/mol. The predicted octanol–water partition coefficient (Wildman–Crippen LogP) is 1.40. The lowest BCUT2D eigenvalue weighted by molar-refractivity contribution is -0.118. The first-order valence-electron chi connectivity index (χ1n) is 6.10. The fourth-order valence-corrected chi connectivity index (χ4v) is 1.67. The van der Waals surface area contributed by atoms with E-state index in [0.717, 1.165) is 5.56 Å². The summed E-state index contributed by atoms with van der Waals surface area (Å²) in [6.45, 7) is 3.30. The lowest BCUT2D eigenvalue weighted by Crippen LogP contribution is -2.23. The number of rotatable bonds is 4. The number of carbonyl (C=O) groups is 1. The van der Waals surface area contributed by atoms with Gasteiger partial charge in [0.25, 0.3) is 5.91 Å². The van der Waals surface area contributed by atoms with E-state index < -0.39 is 0 Å². The Hall–Kier alpha value is -2.63. The summed E-state index contributed by atoms with van der Waals surface area (Å²) in [6, 6.07) is 4.98. The van der Waals surface area contributed by atoms with Crippen LogP contribution in [-0.4, -0.2) is 22.5 Å². The summed E-state index contributed by atoms with van der Waals surface area (Å²) in [5.41, 5.74) is 1.18. The summed E-state index contributed by atoms with van der Waals surface area (Å²) in [6.07, 6.45) is 3.12. The molecule has 0 saturated heterocycles. The van der Waals surface area contributed by atoms with Gasteiger partial charge in [-0.2, -0.15) is 0 Å². The quantitative estimate of drug-likeness (QED) is 0.882. The van der Waals surface area contributed by atoms with Crippen LogP contribution in [0.1, 0.15) is 11.3 Å². The maximum atomic E-state index is 11.8. The van der Waals surface area contributed by atoms with E-state index in [1.54, 1.807) is 19.2 Å². The van der Waals surface area contributed by atoms with Crippen molar-refractivity contribution in [1.82, 2.24) is 9.97 Å². The molecule has 0 aliphatic rings. The van der Waals surface area contributed by atoms with Crippen LogP contribution in [-0.2, 0) is 4.79 Å². The van der Waals surface area contributed by atoms with Crippen molar-refractivity contribution in [1.29, 1.82) is 0 Å². The number of anilines is 1. The Morgan fingerprint density at radius 2 is 2.20 bits per heavy atom. The van der Waals surface area contributed by atoms with Gasteiger partial charge in [0.2, 0.25) is 5.43 Å². The maximum absolute atomic E-state index is 11.8. The monoisotopic (exact) mass is 273 g/mol. The Balaban J connectivity index is 2.00. The minimum absolute atomic E-state index is 0.153. The molecule has 0 unspecified atom stereocenters. The van der Waals surface area contributed by atoms with Gasteiger partial charge in [-0.15, -0.1) is 0 Å². The van der Waals surface area contributed by atoms with Gasteiger partial charge in [-0.3, -0.25) is 9.59 Å². The largest absolute Gasteiger partial charge is 0.478 e. The van der Waals surface area contributed by atoms with E-state index >= 15 is 0 Å². The van der Waals surface area contributed by atoms with Crippen molar-refractivity contribution in [3.63, 3.8) is 0 Å². The molecule has 6 nitrogen and oxygen atoms in total. The SMILES string of the molecule is Cc1cccnc1NC(=O)COc1c(C)[nH]ccc1=O. The van der Waals surface area contributed by atoms with Gasteiger partial charge in [0, 0.05) is 18.5 Å². The molecule has 0 saturated carbocycles. The number of amides is 1. The molecule has 2 aromatic rings. The van der Waals surface area contributed by atoms with Gasteiger partial charge in [0.05, 0.1) is 5.69 Å². The second-order valence-electron chi connectivity index (χ2n) is 4.30. The molecule has 20 heavy (non-hydrogen) atoms. The summed E-state index contributed by atoms with van der Waals surface area (Å²) < 4.78 is 5.26. The first-order chi connectivity index (χ1) is 9.58. The van der Waals surface area contributed by atoms with Crippen LogP contribution in [0, 0.1) is 13.8 Å². The fourth-order valence-electron chi connectivity index (χ4n) is 1.67. The zero-order chi connectivity index (χ0) is 14.5. The number of aromatic amines is 1. The number of nitrogens with one attached hydrogen (secondary N) is 2. The van der Waals surface area contributed by atoms with E-state index in [0.29, 0.717) is 11.5 Å². The number of pyridine rings is 2. The molecule has 6 heteroatoms. The van der Waals surface area contributed by atoms with Crippen LogP contribution in [0.3, 0.4) is 0 Å². The number of nitrogens with zero attached hydrogens (tertiary/aromatic N) is 1. The number of aromatic nitrogens is 2. The van der Waals surface area contributed by atoms with Crippen LogP contribution in [0.5, 0.6) is 5.75 Å². The standard InChI is InChI=1S/C14H15N3O3/c1-9-4-3-6-16-14(9)17-12(19)8-20-13-10(2)15-7-5-11(13)18/h3-7H,8H2,1-2H3,(H,15,18)(H,16,17,19). The molecule has 0 aliphatic heterocycles. The molecule has 0 spiro atoms. The fraction of sp³-hybridized carbons (Fsp3) is 0.214. The molecule has 0 aromatic carbocycles. The number of H-pyrrole nitrogens is 1. The topological polar surface area (TPSA) is 84.1 Å². The van der Waals surface area contributed by atoms with E-state index in [4.69, 9.17) is 4.74 Å². The second kappa shape index (κ2) is 6.01. The number of hydrogen-bond donors (Lipinski definition) is 2. The molecule has 0 fully saturated rings. The highest BCUT2D eigenvalue weighted by molar-refractivity contribution is 5.91. The Morgan fingerprint density at radius 3 is 2.90 bits per heavy atom. The van der Waals surface area contributed by atoms with Gasteiger partial charge < -0.3 is 15.0 Å². The van der Waals surface area contributed by atoms with Crippen molar-refractivity contribution in [2.75, 3.05) is 11.9 Å². The third-order valence-electron chi connectivity index (χ3n) is 2.71. The molecule has 0 aliphatic carbocycles. The van der Waals surface area contributed by atoms with Gasteiger partial charge in [0.1, 0.15) is 5.82 Å². The third-order valence-corrected chi connectivity index (χ3v) is 2.71. The average molecular weight is 273 g/mol. The van der Waals surface area contributed by atoms with Crippen LogP contribution in [0.15, 0.2) is 35.4 Å². The van der Waals surface area contributed by atoms with Crippen LogP contribution >= 0.6 is 0 Å². The van der Waals surface area contributed by atoms with Crippen molar-refractivity contribution >= 4 is 11.7 Å². The average Bonchev–Trinajstić information content (AvgIpc) is 2.41. The third kappa shape index (κ3) is 3.23. The molecule has 0 radical (unpaired) electrons. The molecule has 0 atom stereocenters. The Labute approximate surface area is 115 Å². The first-order valence-corrected chi connectivity index (χ1v) is 6.10. The lowest BCUT2D eigenvalue weighted by atomic mass is 10.3. The second-order valence-corrected chi connectivity index (χ2v) is 4.30. The summed E-state index contributed by atoms with van der Waals surface area (Å²) in [7, 11) is 0. The molecule has 2 N–H and O–H groups in total. The molecule has 2 rings (SSSR count). The van der Waals surface area contributed by atoms with Crippen LogP contribution < -0.4 is 15.5 Å². The van der Waals surface area contributed by atoms with Gasteiger partial charge in [-0.25, -0.2) is 4.98 Å². The van der Waals surface area contributed by atoms with E-state index in [1.165, 1.54) is 12.3 Å². The summed E-state index contributed by atoms with van der Waals surface area (Å²) in [5.74, 6) is 0.273. The van der Waals surface area contributed by atoms with Gasteiger partial charge >= 0.3 is 0 Å². The van der Waals surface area contributed by atoms with Gasteiger partial charge in [-0.1, -0.05) is 6.07 Å². The van der Waals surface area contributed by atoms with Gasteiger partial charge in [0.15, 0.2) is 12.4 Å². The van der Waals surface area contributed by atoms with E-state index in [2.05, 4.69) is 15.3 Å². The molecule has 2 aromatic heterocycles. The van der Waals surface area contributed by atoms with E-state index in [-0.39, 0.29) is 23.7 Å². The molecule has 104 valence electrons. The number of hydrogen-bond acceptors (Lipinski definition) is 4. The van der Waals surface area contributed by atoms with Crippen molar-refractivity contribution in [2.24, 2.45) is 0 Å². The zero-order valence-corrected chi connectivity index (χ0v) is 11.3. The number of aryl methyl sites for hydroxylation is 2. The highest BCUT2D eigenvalue weighted by atomic mass is 16.5. The molecular formula is C14H15N3O3. The number of carbonyl (C=O) groups excluding carboxylic acids is 1. The van der Waals surface area contributed by atoms with Crippen molar-refractivity contribution in [3.05, 3.63) is 52.1 Å². The van der Waals surface area contributed by atoms with Crippen LogP contribution in [0.25, 0.3) is 0 Å². The molecule has 2 heterocycles. The molecule has 1 amide bonds. The van der Waals surface area contributed by atoms with E-state index in [9.17, 15) is 9.59 Å². The highest BCUT2D eigenvalue weighted by Crippen LogP contribution is 2.10. The maximum Gasteiger partial charge on any atom is 0.263 e. The van der Waals surface area contributed by atoms with Crippen LogP contribution in [0.4, 0.5) is 5.82 Å². The lowest BCUT2D eigenvalue weighted by Gasteiger charge is -2.09. The Bertz CT molecular complexity index is 679. The first kappa shape index (κ1) is 13.8. The van der Waals surface area contributed by atoms with E-state index in [1.807, 2.05) is 13.0 Å². The summed E-state index contributed by atoms with van der Waals surface area (Å²) in [5, 5.41) is 2.63. The summed E-state index contributed by atoms with van der Waals surface area (Å²) >= 11 is 0. The van der Waals surface area contributed by atoms with Crippen molar-refractivity contribution < 1.29 is 9.53 Å². The van der Waals surface area contributed by atoms with Gasteiger partial charge in [-0.05, 0) is 25.5 Å². The minimum atomic E-state index is -0.366. The summed E-state index contributed by atoms with van der Waals surface area (Å²) in [4.78, 5) is 30.3. The minimum Gasteiger partial charge on any atom is -0.478 e. The highest BCUT2D eigenvalue weighted by Gasteiger charge is 2.09.